The maximum absolute atomic E-state index is 12.5. The molecule has 0 bridgehead atoms. The Bertz CT molecular complexity index is 541. The summed E-state index contributed by atoms with van der Waals surface area (Å²) in [5.74, 6) is -0.00949. The molecule has 0 aliphatic carbocycles. The van der Waals surface area contributed by atoms with Crippen molar-refractivity contribution in [2.24, 2.45) is 5.73 Å². The summed E-state index contributed by atoms with van der Waals surface area (Å²) in [7, 11) is -3.53. The summed E-state index contributed by atoms with van der Waals surface area (Å²) in [6, 6.07) is 6.58. The highest BCUT2D eigenvalue weighted by molar-refractivity contribution is 7.89. The van der Waals surface area contributed by atoms with Crippen LogP contribution in [0.2, 0.25) is 0 Å². The maximum Gasteiger partial charge on any atom is 0.243 e. The minimum Gasteiger partial charge on any atom is -0.388 e. The number of sulfonamides is 1. The van der Waals surface area contributed by atoms with Crippen LogP contribution in [0, 0.1) is 12.3 Å². The van der Waals surface area contributed by atoms with Gasteiger partial charge < -0.3 is 5.73 Å². The molecule has 0 aliphatic heterocycles. The molecule has 0 fully saturated rings. The first-order valence-electron chi connectivity index (χ1n) is 6.16. The quantitative estimate of drug-likeness (QED) is 0.622. The minimum atomic E-state index is -3.53. The lowest BCUT2D eigenvalue weighted by Crippen LogP contribution is -2.39. The van der Waals surface area contributed by atoms with Crippen molar-refractivity contribution < 1.29 is 8.42 Å². The van der Waals surface area contributed by atoms with Gasteiger partial charge in [-0.2, -0.15) is 4.31 Å². The molecule has 0 radical (unpaired) electrons. The van der Waals surface area contributed by atoms with E-state index >= 15 is 0 Å². The topological polar surface area (TPSA) is 87.2 Å². The smallest absolute Gasteiger partial charge is 0.243 e. The van der Waals surface area contributed by atoms with Crippen molar-refractivity contribution in [1.29, 1.82) is 5.41 Å². The molecule has 1 aromatic carbocycles. The van der Waals surface area contributed by atoms with Gasteiger partial charge in [-0.05, 0) is 32.9 Å². The van der Waals surface area contributed by atoms with Gasteiger partial charge in [0.15, 0.2) is 0 Å². The molecule has 114 valence electrons. The van der Waals surface area contributed by atoms with Crippen LogP contribution in [0.4, 0.5) is 0 Å². The van der Waals surface area contributed by atoms with Gasteiger partial charge in [-0.3, -0.25) is 5.41 Å². The van der Waals surface area contributed by atoms with Gasteiger partial charge in [-0.25, -0.2) is 8.42 Å². The van der Waals surface area contributed by atoms with Crippen LogP contribution in [-0.2, 0) is 10.0 Å². The molecule has 5 nitrogen and oxygen atoms in total. The van der Waals surface area contributed by atoms with Crippen LogP contribution in [0.25, 0.3) is 0 Å². The molecule has 0 aromatic heterocycles. The van der Waals surface area contributed by atoms with Crippen LogP contribution in [0.1, 0.15) is 25.8 Å². The molecule has 0 spiro atoms. The normalized spacial score (nSPS) is 11.4. The molecule has 0 aliphatic rings. The van der Waals surface area contributed by atoms with E-state index in [-0.39, 0.29) is 42.1 Å². The van der Waals surface area contributed by atoms with Crippen LogP contribution in [-0.4, -0.2) is 31.1 Å². The second-order valence-corrected chi connectivity index (χ2v) is 6.69. The number of nitrogens with one attached hydrogen (secondary N) is 1. The zero-order valence-corrected chi connectivity index (χ0v) is 13.6. The van der Waals surface area contributed by atoms with Crippen LogP contribution >= 0.6 is 12.4 Å². The number of amidine groups is 1. The van der Waals surface area contributed by atoms with E-state index in [4.69, 9.17) is 11.1 Å². The van der Waals surface area contributed by atoms with Gasteiger partial charge in [-0.15, -0.1) is 12.4 Å². The number of nitrogens with zero attached hydrogens (tertiary/aromatic N) is 1. The van der Waals surface area contributed by atoms with Crippen LogP contribution in [0.15, 0.2) is 29.2 Å². The molecule has 20 heavy (non-hydrogen) atoms. The third kappa shape index (κ3) is 4.77. The molecule has 0 heterocycles. The number of hydrogen-bond donors (Lipinski definition) is 2. The first-order chi connectivity index (χ1) is 8.75. The largest absolute Gasteiger partial charge is 0.388 e. The Labute approximate surface area is 127 Å². The second kappa shape index (κ2) is 7.61. The first kappa shape index (κ1) is 18.9. The average molecular weight is 320 g/mol. The monoisotopic (exact) mass is 319 g/mol. The lowest BCUT2D eigenvalue weighted by molar-refractivity contribution is 0.361. The highest BCUT2D eigenvalue weighted by Crippen LogP contribution is 2.19. The van der Waals surface area contributed by atoms with Crippen molar-refractivity contribution in [3.05, 3.63) is 29.8 Å². The van der Waals surface area contributed by atoms with E-state index in [9.17, 15) is 8.42 Å². The van der Waals surface area contributed by atoms with Crippen LogP contribution < -0.4 is 5.73 Å². The van der Waals surface area contributed by atoms with Gasteiger partial charge in [0.25, 0.3) is 0 Å². The van der Waals surface area contributed by atoms with Crippen LogP contribution in [0.5, 0.6) is 0 Å². The Hall–Kier alpha value is -1.11. The number of benzene rings is 1. The van der Waals surface area contributed by atoms with Crippen molar-refractivity contribution in [3.8, 4) is 0 Å². The number of nitrogens with two attached hydrogens (primary N) is 1. The van der Waals surface area contributed by atoms with Crippen molar-refractivity contribution in [2.75, 3.05) is 6.54 Å². The fourth-order valence-electron chi connectivity index (χ4n) is 1.73. The zero-order valence-electron chi connectivity index (χ0n) is 12.0. The van der Waals surface area contributed by atoms with Crippen molar-refractivity contribution >= 4 is 28.3 Å². The minimum absolute atomic E-state index is 0. The van der Waals surface area contributed by atoms with Gasteiger partial charge in [-0.1, -0.05) is 17.7 Å². The molecule has 0 saturated carbocycles. The van der Waals surface area contributed by atoms with Gasteiger partial charge in [0, 0.05) is 19.0 Å². The second-order valence-electron chi connectivity index (χ2n) is 4.80. The average Bonchev–Trinajstić information content (AvgIpc) is 2.28. The Balaban J connectivity index is 0.00000361. The lowest BCUT2D eigenvalue weighted by atomic mass is 10.2. The van der Waals surface area contributed by atoms with E-state index in [1.165, 1.54) is 4.31 Å². The van der Waals surface area contributed by atoms with Crippen molar-refractivity contribution in [1.82, 2.24) is 4.31 Å². The summed E-state index contributed by atoms with van der Waals surface area (Å²) in [5, 5.41) is 7.22. The van der Waals surface area contributed by atoms with Crippen molar-refractivity contribution in [2.45, 2.75) is 38.1 Å². The molecule has 1 aromatic rings. The first-order valence-corrected chi connectivity index (χ1v) is 7.60. The molecular formula is C13H22ClN3O2S. The van der Waals surface area contributed by atoms with Gasteiger partial charge in [0.05, 0.1) is 10.7 Å². The molecule has 0 atom stereocenters. The lowest BCUT2D eigenvalue weighted by Gasteiger charge is -2.25. The Morgan fingerprint density at radius 1 is 1.30 bits per heavy atom. The molecule has 7 heteroatoms. The summed E-state index contributed by atoms with van der Waals surface area (Å²) in [6.45, 7) is 5.76. The Morgan fingerprint density at radius 3 is 2.20 bits per heavy atom. The predicted molar refractivity (Wildman–Crippen MR) is 84.0 cm³/mol. The highest BCUT2D eigenvalue weighted by atomic mass is 35.5. The van der Waals surface area contributed by atoms with E-state index in [2.05, 4.69) is 0 Å². The standard InChI is InChI=1S/C13H21N3O2S.ClH/c1-10(2)16(9-8-13(14)15)19(17,18)12-6-4-11(3)5-7-12;/h4-7,10H,8-9H2,1-3H3,(H3,14,15);1H. The van der Waals surface area contributed by atoms with Crippen molar-refractivity contribution in [3.63, 3.8) is 0 Å². The van der Waals surface area contributed by atoms with Crippen LogP contribution in [0.3, 0.4) is 0 Å². The van der Waals surface area contributed by atoms with E-state index in [1.807, 2.05) is 20.8 Å². The Morgan fingerprint density at radius 2 is 1.80 bits per heavy atom. The molecule has 0 saturated heterocycles. The molecule has 0 amide bonds. The van der Waals surface area contributed by atoms with Gasteiger partial charge in [0.1, 0.15) is 0 Å². The third-order valence-corrected chi connectivity index (χ3v) is 4.89. The summed E-state index contributed by atoms with van der Waals surface area (Å²) >= 11 is 0. The highest BCUT2D eigenvalue weighted by Gasteiger charge is 2.26. The third-order valence-electron chi connectivity index (χ3n) is 2.81. The summed E-state index contributed by atoms with van der Waals surface area (Å²) in [6.07, 6.45) is 0.239. The molecule has 3 N–H and O–H groups in total. The molecular weight excluding hydrogens is 298 g/mol. The van der Waals surface area contributed by atoms with E-state index in [0.717, 1.165) is 5.56 Å². The van der Waals surface area contributed by atoms with Gasteiger partial charge >= 0.3 is 0 Å². The summed E-state index contributed by atoms with van der Waals surface area (Å²) < 4.78 is 26.4. The number of hydrogen-bond acceptors (Lipinski definition) is 3. The predicted octanol–water partition coefficient (Wildman–Crippen LogP) is 2.14. The van der Waals surface area contributed by atoms with E-state index in [1.54, 1.807) is 24.3 Å². The number of rotatable bonds is 6. The summed E-state index contributed by atoms with van der Waals surface area (Å²) in [4.78, 5) is 0.273. The molecule has 1 rings (SSSR count). The molecule has 0 unspecified atom stereocenters. The van der Waals surface area contributed by atoms with Gasteiger partial charge in [0.2, 0.25) is 10.0 Å². The maximum atomic E-state index is 12.5. The van der Waals surface area contributed by atoms with E-state index in [0.29, 0.717) is 0 Å². The fourth-order valence-corrected chi connectivity index (χ4v) is 3.37. The number of halogens is 1. The number of aryl methyl sites for hydroxylation is 1. The zero-order chi connectivity index (χ0) is 14.6. The summed E-state index contributed by atoms with van der Waals surface area (Å²) in [5.41, 5.74) is 6.32. The van der Waals surface area contributed by atoms with E-state index < -0.39 is 10.0 Å². The fraction of sp³-hybridized carbons (Fsp3) is 0.462. The Kier molecular flexibility index (Phi) is 7.19. The SMILES string of the molecule is Cc1ccc(S(=O)(=O)N(CCC(=N)N)C(C)C)cc1.Cl.